The van der Waals surface area contributed by atoms with Crippen LogP contribution < -0.4 is 26.0 Å². The lowest BCUT2D eigenvalue weighted by atomic mass is 9.84. The summed E-state index contributed by atoms with van der Waals surface area (Å²) in [5.74, 6) is 0.989. The fraction of sp³-hybridized carbons (Fsp3) is 0.407. The molecular formula is C27H32ClFN4O. The summed E-state index contributed by atoms with van der Waals surface area (Å²) in [6.45, 7) is 5.01. The first-order valence-corrected chi connectivity index (χ1v) is 12.5. The zero-order chi connectivity index (χ0) is 23.7. The van der Waals surface area contributed by atoms with E-state index in [-0.39, 0.29) is 30.4 Å². The molecule has 2 aliphatic heterocycles. The van der Waals surface area contributed by atoms with Crippen molar-refractivity contribution in [2.24, 2.45) is 5.92 Å². The predicted octanol–water partition coefficient (Wildman–Crippen LogP) is 4.12. The molecule has 4 N–H and O–H groups in total. The number of nitrogens with one attached hydrogen (secondary N) is 4. The molecule has 6 unspecified atom stereocenters. The van der Waals surface area contributed by atoms with E-state index in [0.717, 1.165) is 35.5 Å². The summed E-state index contributed by atoms with van der Waals surface area (Å²) in [6.07, 6.45) is 13.9. The second-order valence-corrected chi connectivity index (χ2v) is 9.92. The van der Waals surface area contributed by atoms with Gasteiger partial charge in [0.2, 0.25) is 0 Å². The van der Waals surface area contributed by atoms with Crippen molar-refractivity contribution in [2.45, 2.75) is 56.3 Å². The SMILES string of the molecule is CC(C)Oc1cccc(C2=CC3C(C=C2)NC(C2=CCCN2)NC3NC2=CC(Cl)C(F)C=C2)c1. The molecule has 7 heteroatoms. The van der Waals surface area contributed by atoms with Crippen molar-refractivity contribution in [3.8, 4) is 5.75 Å². The minimum atomic E-state index is -1.16. The first kappa shape index (κ1) is 23.2. The highest BCUT2D eigenvalue weighted by molar-refractivity contribution is 6.22. The number of hydrogen-bond acceptors (Lipinski definition) is 5. The molecule has 2 aliphatic carbocycles. The Kier molecular flexibility index (Phi) is 6.82. The van der Waals surface area contributed by atoms with Gasteiger partial charge in [0.25, 0.3) is 0 Å². The molecule has 2 heterocycles. The second kappa shape index (κ2) is 9.98. The number of halogens is 2. The van der Waals surface area contributed by atoms with Gasteiger partial charge in [-0.15, -0.1) is 11.6 Å². The number of allylic oxidation sites excluding steroid dienone is 5. The van der Waals surface area contributed by atoms with Gasteiger partial charge < -0.3 is 15.4 Å². The van der Waals surface area contributed by atoms with E-state index in [1.165, 1.54) is 11.8 Å². The summed E-state index contributed by atoms with van der Waals surface area (Å²) in [7, 11) is 0. The quantitative estimate of drug-likeness (QED) is 0.459. The van der Waals surface area contributed by atoms with Gasteiger partial charge in [-0.25, -0.2) is 4.39 Å². The van der Waals surface area contributed by atoms with Crippen LogP contribution >= 0.6 is 11.6 Å². The van der Waals surface area contributed by atoms with Gasteiger partial charge in [0.1, 0.15) is 18.1 Å². The zero-order valence-corrected chi connectivity index (χ0v) is 20.2. The molecule has 0 amide bonds. The fourth-order valence-electron chi connectivity index (χ4n) is 4.87. The molecule has 0 bridgehead atoms. The normalized spacial score (nSPS) is 32.4. The average Bonchev–Trinajstić information content (AvgIpc) is 3.36. The summed E-state index contributed by atoms with van der Waals surface area (Å²) in [4.78, 5) is 0. The highest BCUT2D eigenvalue weighted by Crippen LogP contribution is 2.32. The summed E-state index contributed by atoms with van der Waals surface area (Å²) >= 11 is 6.17. The Balaban J connectivity index is 1.42. The lowest BCUT2D eigenvalue weighted by Gasteiger charge is -2.44. The van der Waals surface area contributed by atoms with E-state index in [9.17, 15) is 4.39 Å². The lowest BCUT2D eigenvalue weighted by Crippen LogP contribution is -2.67. The molecule has 1 aromatic rings. The second-order valence-electron chi connectivity index (χ2n) is 9.41. The van der Waals surface area contributed by atoms with Crippen molar-refractivity contribution >= 4 is 17.2 Å². The van der Waals surface area contributed by atoms with E-state index in [4.69, 9.17) is 16.3 Å². The molecule has 34 heavy (non-hydrogen) atoms. The summed E-state index contributed by atoms with van der Waals surface area (Å²) in [5, 5.41) is 13.8. The molecule has 6 atom stereocenters. The number of benzene rings is 1. The van der Waals surface area contributed by atoms with Crippen LogP contribution in [0.4, 0.5) is 4.39 Å². The first-order valence-electron chi connectivity index (χ1n) is 12.0. The van der Waals surface area contributed by atoms with Crippen molar-refractivity contribution in [1.82, 2.24) is 21.3 Å². The van der Waals surface area contributed by atoms with Crippen LogP contribution in [0.15, 0.2) is 78.2 Å². The van der Waals surface area contributed by atoms with Gasteiger partial charge in [0.05, 0.1) is 17.6 Å². The van der Waals surface area contributed by atoms with Crippen LogP contribution in [0.3, 0.4) is 0 Å². The van der Waals surface area contributed by atoms with Crippen LogP contribution in [-0.4, -0.2) is 42.6 Å². The molecule has 1 saturated heterocycles. The minimum Gasteiger partial charge on any atom is -0.491 e. The molecule has 1 fully saturated rings. The van der Waals surface area contributed by atoms with Crippen LogP contribution in [0.5, 0.6) is 5.75 Å². The van der Waals surface area contributed by atoms with E-state index in [0.29, 0.717) is 0 Å². The molecule has 4 aliphatic rings. The summed E-state index contributed by atoms with van der Waals surface area (Å²) < 4.78 is 19.8. The Morgan fingerprint density at radius 2 is 2.03 bits per heavy atom. The van der Waals surface area contributed by atoms with Gasteiger partial charge in [-0.1, -0.05) is 36.4 Å². The molecule has 5 rings (SSSR count). The Bertz CT molecular complexity index is 1060. The standard InChI is InChI=1S/C27H32ClFN4O/c1-16(2)34-20-6-3-5-17(13-20)18-8-11-24-21(14-18)26(31-19-9-10-23(29)22(28)15-19)33-27(32-24)25-7-4-12-30-25/h3,5-11,13-16,21-24,26-27,30-33H,4,12H2,1-2H3. The van der Waals surface area contributed by atoms with Crippen molar-refractivity contribution in [1.29, 1.82) is 0 Å². The van der Waals surface area contributed by atoms with Crippen molar-refractivity contribution < 1.29 is 9.13 Å². The largest absolute Gasteiger partial charge is 0.491 e. The minimum absolute atomic E-state index is 0.00230. The molecule has 0 aromatic heterocycles. The molecule has 0 radical (unpaired) electrons. The van der Waals surface area contributed by atoms with Gasteiger partial charge in [-0.2, -0.15) is 0 Å². The molecule has 180 valence electrons. The molecule has 0 saturated carbocycles. The number of rotatable bonds is 6. The van der Waals surface area contributed by atoms with Crippen LogP contribution in [0.1, 0.15) is 25.8 Å². The third kappa shape index (κ3) is 5.09. The van der Waals surface area contributed by atoms with Crippen molar-refractivity contribution in [2.75, 3.05) is 6.54 Å². The van der Waals surface area contributed by atoms with E-state index >= 15 is 0 Å². The maximum absolute atomic E-state index is 13.9. The third-order valence-corrected chi connectivity index (χ3v) is 6.84. The van der Waals surface area contributed by atoms with E-state index in [1.54, 1.807) is 12.2 Å². The highest BCUT2D eigenvalue weighted by atomic mass is 35.5. The molecule has 1 aromatic carbocycles. The van der Waals surface area contributed by atoms with E-state index in [2.05, 4.69) is 57.7 Å². The number of ether oxygens (including phenoxy) is 1. The fourth-order valence-corrected chi connectivity index (χ4v) is 5.09. The number of fused-ring (bicyclic) bond motifs is 1. The molecular weight excluding hydrogens is 451 g/mol. The van der Waals surface area contributed by atoms with Crippen molar-refractivity contribution in [3.63, 3.8) is 0 Å². The Labute approximate surface area is 205 Å². The highest BCUT2D eigenvalue weighted by Gasteiger charge is 2.38. The summed E-state index contributed by atoms with van der Waals surface area (Å²) in [5.41, 5.74) is 4.26. The van der Waals surface area contributed by atoms with Gasteiger partial charge in [0.15, 0.2) is 0 Å². The van der Waals surface area contributed by atoms with Crippen LogP contribution in [0, 0.1) is 5.92 Å². The van der Waals surface area contributed by atoms with Gasteiger partial charge in [0, 0.05) is 29.9 Å². The zero-order valence-electron chi connectivity index (χ0n) is 19.5. The van der Waals surface area contributed by atoms with Gasteiger partial charge in [-0.05, 0) is 61.8 Å². The number of alkyl halides is 2. The average molecular weight is 483 g/mol. The Morgan fingerprint density at radius 3 is 2.79 bits per heavy atom. The van der Waals surface area contributed by atoms with Crippen LogP contribution in [-0.2, 0) is 0 Å². The van der Waals surface area contributed by atoms with Crippen LogP contribution in [0.2, 0.25) is 0 Å². The Hall–Kier alpha value is -2.54. The Morgan fingerprint density at radius 1 is 1.15 bits per heavy atom. The predicted molar refractivity (Wildman–Crippen MR) is 136 cm³/mol. The topological polar surface area (TPSA) is 57.4 Å². The third-order valence-electron chi connectivity index (χ3n) is 6.47. The van der Waals surface area contributed by atoms with Crippen molar-refractivity contribution in [3.05, 3.63) is 83.8 Å². The lowest BCUT2D eigenvalue weighted by molar-refractivity contribution is 0.212. The van der Waals surface area contributed by atoms with Crippen LogP contribution in [0.25, 0.3) is 5.57 Å². The smallest absolute Gasteiger partial charge is 0.138 e. The maximum atomic E-state index is 13.9. The molecule has 0 spiro atoms. The van der Waals surface area contributed by atoms with Gasteiger partial charge >= 0.3 is 0 Å². The monoisotopic (exact) mass is 482 g/mol. The molecule has 5 nitrogen and oxygen atoms in total. The van der Waals surface area contributed by atoms with E-state index in [1.807, 2.05) is 26.0 Å². The first-order chi connectivity index (χ1) is 16.5. The summed E-state index contributed by atoms with van der Waals surface area (Å²) in [6, 6.07) is 8.35. The maximum Gasteiger partial charge on any atom is 0.138 e. The van der Waals surface area contributed by atoms with E-state index < -0.39 is 11.5 Å². The number of hydrogen-bond donors (Lipinski definition) is 4. The van der Waals surface area contributed by atoms with Gasteiger partial charge in [-0.3, -0.25) is 10.6 Å².